The Hall–Kier alpha value is -3.06. The minimum absolute atomic E-state index is 0.268. The summed E-state index contributed by atoms with van der Waals surface area (Å²) in [6.07, 6.45) is 3.32. The molecule has 31 heavy (non-hydrogen) atoms. The van der Waals surface area contributed by atoms with Crippen LogP contribution in [0.25, 0.3) is 0 Å². The summed E-state index contributed by atoms with van der Waals surface area (Å²) < 4.78 is 10.8. The predicted molar refractivity (Wildman–Crippen MR) is 118 cm³/mol. The zero-order valence-corrected chi connectivity index (χ0v) is 17.9. The number of piperazine rings is 1. The molecule has 1 saturated heterocycles. The number of nitrogens with one attached hydrogen (secondary N) is 1. The van der Waals surface area contributed by atoms with Crippen molar-refractivity contribution in [3.63, 3.8) is 0 Å². The molecule has 1 fully saturated rings. The molecule has 0 unspecified atom stereocenters. The molecule has 2 aromatic carbocycles. The van der Waals surface area contributed by atoms with Crippen molar-refractivity contribution in [2.75, 3.05) is 38.3 Å². The maximum absolute atomic E-state index is 12.6. The van der Waals surface area contributed by atoms with Crippen molar-refractivity contribution >= 4 is 17.5 Å². The third kappa shape index (κ3) is 5.35. The number of rotatable bonds is 6. The molecular formula is C24H29N3O4. The number of anilines is 1. The van der Waals surface area contributed by atoms with Crippen LogP contribution in [-0.4, -0.2) is 54.6 Å². The van der Waals surface area contributed by atoms with Gasteiger partial charge in [0.15, 0.2) is 11.5 Å². The Kier molecular flexibility index (Phi) is 6.72. The van der Waals surface area contributed by atoms with Crippen molar-refractivity contribution < 1.29 is 19.1 Å². The molecule has 0 radical (unpaired) electrons. The normalized spacial score (nSPS) is 15.7. The Labute approximate surface area is 182 Å². The molecule has 2 aliphatic heterocycles. The first-order valence-electron chi connectivity index (χ1n) is 10.9. The molecule has 1 N–H and O–H groups in total. The molecule has 7 nitrogen and oxygen atoms in total. The van der Waals surface area contributed by atoms with Crippen molar-refractivity contribution in [2.45, 2.75) is 32.7 Å². The number of hydrogen-bond donors (Lipinski definition) is 1. The topological polar surface area (TPSA) is 71.1 Å². The predicted octanol–water partition coefficient (Wildman–Crippen LogP) is 3.04. The monoisotopic (exact) mass is 423 g/mol. The van der Waals surface area contributed by atoms with Crippen molar-refractivity contribution in [1.82, 2.24) is 9.80 Å². The van der Waals surface area contributed by atoms with Gasteiger partial charge in [-0.1, -0.05) is 31.5 Å². The van der Waals surface area contributed by atoms with Crippen LogP contribution in [0.3, 0.4) is 0 Å². The van der Waals surface area contributed by atoms with E-state index in [0.717, 1.165) is 56.0 Å². The number of aryl methyl sites for hydroxylation is 1. The molecule has 7 heteroatoms. The van der Waals surface area contributed by atoms with Gasteiger partial charge in [0.1, 0.15) is 0 Å². The van der Waals surface area contributed by atoms with E-state index in [4.69, 9.17) is 9.47 Å². The highest BCUT2D eigenvalue weighted by molar-refractivity contribution is 6.39. The molecule has 0 aliphatic carbocycles. The summed E-state index contributed by atoms with van der Waals surface area (Å²) in [4.78, 5) is 28.9. The van der Waals surface area contributed by atoms with Gasteiger partial charge in [0.25, 0.3) is 0 Å². The van der Waals surface area contributed by atoms with Crippen molar-refractivity contribution in [1.29, 1.82) is 0 Å². The fourth-order valence-corrected chi connectivity index (χ4v) is 3.87. The van der Waals surface area contributed by atoms with Crippen LogP contribution in [-0.2, 0) is 22.6 Å². The number of carbonyl (C=O) groups is 2. The molecular weight excluding hydrogens is 394 g/mol. The molecule has 0 atom stereocenters. The molecule has 0 spiro atoms. The lowest BCUT2D eigenvalue weighted by Gasteiger charge is -2.34. The summed E-state index contributed by atoms with van der Waals surface area (Å²) in [5.41, 5.74) is 3.04. The second-order valence-corrected chi connectivity index (χ2v) is 8.01. The van der Waals surface area contributed by atoms with Crippen LogP contribution in [0.2, 0.25) is 0 Å². The van der Waals surface area contributed by atoms with Gasteiger partial charge in [-0.05, 0) is 48.2 Å². The van der Waals surface area contributed by atoms with Crippen molar-refractivity contribution in [3.05, 3.63) is 53.6 Å². The van der Waals surface area contributed by atoms with Gasteiger partial charge in [-0.3, -0.25) is 14.5 Å². The molecule has 0 aromatic heterocycles. The molecule has 2 aromatic rings. The van der Waals surface area contributed by atoms with E-state index in [0.29, 0.717) is 18.8 Å². The zero-order valence-electron chi connectivity index (χ0n) is 17.9. The fourth-order valence-electron chi connectivity index (χ4n) is 3.87. The van der Waals surface area contributed by atoms with Gasteiger partial charge in [-0.2, -0.15) is 0 Å². The van der Waals surface area contributed by atoms with Crippen LogP contribution < -0.4 is 14.8 Å². The summed E-state index contributed by atoms with van der Waals surface area (Å²) in [5, 5.41) is 2.73. The number of hydrogen-bond acceptors (Lipinski definition) is 5. The second kappa shape index (κ2) is 9.83. The smallest absolute Gasteiger partial charge is 0.313 e. The average Bonchev–Trinajstić information content (AvgIpc) is 3.26. The second-order valence-electron chi connectivity index (χ2n) is 8.01. The minimum Gasteiger partial charge on any atom is -0.454 e. The highest BCUT2D eigenvalue weighted by atomic mass is 16.7. The summed E-state index contributed by atoms with van der Waals surface area (Å²) in [5.74, 6) is 0.505. The molecule has 4 rings (SSSR count). The number of unbranched alkanes of at least 4 members (excludes halogenated alkanes) is 1. The van der Waals surface area contributed by atoms with Gasteiger partial charge in [0, 0.05) is 38.4 Å². The average molecular weight is 424 g/mol. The standard InChI is InChI=1S/C24H29N3O4/c1-2-3-4-18-5-8-20(9-6-18)25-23(28)24(29)27-13-11-26(12-14-27)16-19-7-10-21-22(15-19)31-17-30-21/h5-10,15H,2-4,11-14,16-17H2,1H3,(H,25,28). The van der Waals surface area contributed by atoms with Gasteiger partial charge in [0.05, 0.1) is 0 Å². The summed E-state index contributed by atoms with van der Waals surface area (Å²) in [7, 11) is 0. The van der Waals surface area contributed by atoms with Crippen LogP contribution in [0.5, 0.6) is 11.5 Å². The number of fused-ring (bicyclic) bond motifs is 1. The van der Waals surface area contributed by atoms with E-state index < -0.39 is 11.8 Å². The van der Waals surface area contributed by atoms with Crippen LogP contribution in [0.1, 0.15) is 30.9 Å². The van der Waals surface area contributed by atoms with Gasteiger partial charge < -0.3 is 19.7 Å². The number of carbonyl (C=O) groups excluding carboxylic acids is 2. The fraction of sp³-hybridized carbons (Fsp3) is 0.417. The Balaban J connectivity index is 1.24. The third-order valence-corrected chi connectivity index (χ3v) is 5.73. The SMILES string of the molecule is CCCCc1ccc(NC(=O)C(=O)N2CCN(Cc3ccc4c(c3)OCO4)CC2)cc1. The number of amides is 2. The number of ether oxygens (including phenoxy) is 2. The first-order chi connectivity index (χ1) is 15.1. The van der Waals surface area contributed by atoms with Crippen LogP contribution in [0, 0.1) is 0 Å². The molecule has 2 aliphatic rings. The lowest BCUT2D eigenvalue weighted by Crippen LogP contribution is -2.51. The van der Waals surface area contributed by atoms with E-state index in [2.05, 4.69) is 17.1 Å². The van der Waals surface area contributed by atoms with E-state index in [9.17, 15) is 9.59 Å². The lowest BCUT2D eigenvalue weighted by molar-refractivity contribution is -0.144. The summed E-state index contributed by atoms with van der Waals surface area (Å²) >= 11 is 0. The highest BCUT2D eigenvalue weighted by Crippen LogP contribution is 2.32. The van der Waals surface area contributed by atoms with Crippen molar-refractivity contribution in [3.8, 4) is 11.5 Å². The van der Waals surface area contributed by atoms with Gasteiger partial charge in [-0.15, -0.1) is 0 Å². The van der Waals surface area contributed by atoms with E-state index in [1.807, 2.05) is 42.5 Å². The maximum Gasteiger partial charge on any atom is 0.313 e. The quantitative estimate of drug-likeness (QED) is 0.723. The van der Waals surface area contributed by atoms with Gasteiger partial charge >= 0.3 is 11.8 Å². The van der Waals surface area contributed by atoms with E-state index >= 15 is 0 Å². The van der Waals surface area contributed by atoms with E-state index in [1.165, 1.54) is 5.56 Å². The minimum atomic E-state index is -0.578. The summed E-state index contributed by atoms with van der Waals surface area (Å²) in [6.45, 7) is 5.72. The summed E-state index contributed by atoms with van der Waals surface area (Å²) in [6, 6.07) is 13.7. The largest absolute Gasteiger partial charge is 0.454 e. The Morgan fingerprint density at radius 1 is 0.935 bits per heavy atom. The first-order valence-corrected chi connectivity index (χ1v) is 10.9. The molecule has 0 bridgehead atoms. The van der Waals surface area contributed by atoms with E-state index in [1.54, 1.807) is 4.90 Å². The third-order valence-electron chi connectivity index (χ3n) is 5.73. The number of benzene rings is 2. The van der Waals surface area contributed by atoms with Gasteiger partial charge in [0.2, 0.25) is 6.79 Å². The Morgan fingerprint density at radius 3 is 2.39 bits per heavy atom. The first kappa shape index (κ1) is 21.2. The Bertz CT molecular complexity index is 921. The lowest BCUT2D eigenvalue weighted by atomic mass is 10.1. The highest BCUT2D eigenvalue weighted by Gasteiger charge is 2.26. The molecule has 2 heterocycles. The maximum atomic E-state index is 12.6. The van der Waals surface area contributed by atoms with Crippen LogP contribution in [0.4, 0.5) is 5.69 Å². The Morgan fingerprint density at radius 2 is 1.65 bits per heavy atom. The molecule has 2 amide bonds. The zero-order chi connectivity index (χ0) is 21.6. The van der Waals surface area contributed by atoms with Gasteiger partial charge in [-0.25, -0.2) is 0 Å². The number of nitrogens with zero attached hydrogens (tertiary/aromatic N) is 2. The van der Waals surface area contributed by atoms with E-state index in [-0.39, 0.29) is 6.79 Å². The molecule has 164 valence electrons. The van der Waals surface area contributed by atoms with Crippen LogP contribution >= 0.6 is 0 Å². The van der Waals surface area contributed by atoms with Crippen LogP contribution in [0.15, 0.2) is 42.5 Å². The van der Waals surface area contributed by atoms with Crippen molar-refractivity contribution in [2.24, 2.45) is 0 Å². The molecule has 0 saturated carbocycles.